The van der Waals surface area contributed by atoms with E-state index in [1.165, 1.54) is 46.5 Å². The molecule has 1 saturated carbocycles. The molecule has 0 radical (unpaired) electrons. The van der Waals surface area contributed by atoms with Crippen LogP contribution in [0, 0.1) is 6.92 Å². The van der Waals surface area contributed by atoms with E-state index in [0.29, 0.717) is 17.6 Å². The molecule has 154 valence electrons. The predicted molar refractivity (Wildman–Crippen MR) is 119 cm³/mol. The quantitative estimate of drug-likeness (QED) is 0.531. The molecule has 0 atom stereocenters. The summed E-state index contributed by atoms with van der Waals surface area (Å²) in [6.07, 6.45) is 2.55. The van der Waals surface area contributed by atoms with Crippen LogP contribution in [0.2, 0.25) is 0 Å². The molecule has 4 rings (SSSR count). The summed E-state index contributed by atoms with van der Waals surface area (Å²) in [5.74, 6) is 0.621. The Balaban J connectivity index is 0.00000117. The standard InChI is InChI=1S/C21H23N3O2S.C2H6/c1-13-22-23-20(27-21(2,3)19(25)26)24(13)12-15-10-11-17(14-8-9-14)18-7-5-4-6-16(15)18;1-2/h4-7,10-11,14H,8-9,12H2,1-3H3,(H,25,26);1-2H3. The summed E-state index contributed by atoms with van der Waals surface area (Å²) in [6.45, 7) is 9.91. The van der Waals surface area contributed by atoms with Crippen molar-refractivity contribution < 1.29 is 9.90 Å². The first-order valence-electron chi connectivity index (χ1n) is 10.2. The first kappa shape index (κ1) is 21.4. The lowest BCUT2D eigenvalue weighted by Gasteiger charge is -2.19. The van der Waals surface area contributed by atoms with E-state index >= 15 is 0 Å². The van der Waals surface area contributed by atoms with Gasteiger partial charge in [0, 0.05) is 0 Å². The maximum absolute atomic E-state index is 11.5. The Morgan fingerprint density at radius 3 is 2.41 bits per heavy atom. The van der Waals surface area contributed by atoms with Gasteiger partial charge >= 0.3 is 5.97 Å². The topological polar surface area (TPSA) is 68.0 Å². The smallest absolute Gasteiger partial charge is 0.319 e. The first-order valence-corrected chi connectivity index (χ1v) is 11.0. The van der Waals surface area contributed by atoms with Gasteiger partial charge in [0.1, 0.15) is 10.6 Å². The number of aryl methyl sites for hydroxylation is 1. The van der Waals surface area contributed by atoms with Gasteiger partial charge in [0.2, 0.25) is 0 Å². The molecule has 0 aliphatic heterocycles. The molecule has 1 aliphatic rings. The monoisotopic (exact) mass is 411 g/mol. The van der Waals surface area contributed by atoms with E-state index in [1.54, 1.807) is 13.8 Å². The summed E-state index contributed by atoms with van der Waals surface area (Å²) in [6, 6.07) is 13.0. The van der Waals surface area contributed by atoms with Crippen LogP contribution in [0.3, 0.4) is 0 Å². The molecule has 3 aromatic rings. The van der Waals surface area contributed by atoms with Crippen LogP contribution in [0.25, 0.3) is 10.8 Å². The van der Waals surface area contributed by atoms with Crippen molar-refractivity contribution in [2.24, 2.45) is 0 Å². The van der Waals surface area contributed by atoms with Gasteiger partial charge in [-0.15, -0.1) is 10.2 Å². The van der Waals surface area contributed by atoms with Crippen molar-refractivity contribution in [3.63, 3.8) is 0 Å². The third-order valence-electron chi connectivity index (χ3n) is 5.16. The first-order chi connectivity index (χ1) is 13.9. The molecule has 1 aromatic heterocycles. The van der Waals surface area contributed by atoms with Crippen LogP contribution in [0.5, 0.6) is 0 Å². The van der Waals surface area contributed by atoms with Gasteiger partial charge < -0.3 is 9.67 Å². The molecule has 0 bridgehead atoms. The Kier molecular flexibility index (Phi) is 6.32. The Bertz CT molecular complexity index is 1020. The minimum Gasteiger partial charge on any atom is -0.480 e. The van der Waals surface area contributed by atoms with Crippen LogP contribution >= 0.6 is 11.8 Å². The molecule has 0 amide bonds. The van der Waals surface area contributed by atoms with E-state index in [4.69, 9.17) is 0 Å². The van der Waals surface area contributed by atoms with Gasteiger partial charge in [-0.2, -0.15) is 0 Å². The molecular formula is C23H29N3O2S. The minimum atomic E-state index is -0.963. The maximum atomic E-state index is 11.5. The van der Waals surface area contributed by atoms with Crippen LogP contribution in [0.4, 0.5) is 0 Å². The van der Waals surface area contributed by atoms with Gasteiger partial charge in [-0.05, 0) is 61.4 Å². The number of nitrogens with zero attached hydrogens (tertiary/aromatic N) is 3. The second kappa shape index (κ2) is 8.57. The van der Waals surface area contributed by atoms with Crippen LogP contribution < -0.4 is 0 Å². The van der Waals surface area contributed by atoms with Crippen molar-refractivity contribution in [2.75, 3.05) is 0 Å². The average molecular weight is 412 g/mol. The van der Waals surface area contributed by atoms with Gasteiger partial charge in [0.25, 0.3) is 0 Å². The van der Waals surface area contributed by atoms with Crippen molar-refractivity contribution in [1.82, 2.24) is 14.8 Å². The fraction of sp³-hybridized carbons (Fsp3) is 0.435. The molecule has 1 aliphatic carbocycles. The second-order valence-corrected chi connectivity index (χ2v) is 9.26. The summed E-state index contributed by atoms with van der Waals surface area (Å²) >= 11 is 1.23. The Morgan fingerprint density at radius 1 is 1.14 bits per heavy atom. The number of carboxylic acid groups (broad SMARTS) is 1. The van der Waals surface area contributed by atoms with Crippen LogP contribution in [-0.4, -0.2) is 30.6 Å². The van der Waals surface area contributed by atoms with Gasteiger partial charge in [0.05, 0.1) is 6.54 Å². The number of thioether (sulfide) groups is 1. The highest BCUT2D eigenvalue weighted by Crippen LogP contribution is 2.43. The lowest BCUT2D eigenvalue weighted by Crippen LogP contribution is -2.27. The van der Waals surface area contributed by atoms with Crippen molar-refractivity contribution in [3.05, 3.63) is 53.3 Å². The molecule has 0 unspecified atom stereocenters. The zero-order chi connectivity index (χ0) is 21.2. The molecule has 1 fully saturated rings. The molecular weight excluding hydrogens is 382 g/mol. The summed E-state index contributed by atoms with van der Waals surface area (Å²) in [5, 5.41) is 21.1. The Morgan fingerprint density at radius 2 is 1.79 bits per heavy atom. The molecule has 0 spiro atoms. The van der Waals surface area contributed by atoms with E-state index in [0.717, 1.165) is 5.82 Å². The van der Waals surface area contributed by atoms with Gasteiger partial charge in [-0.3, -0.25) is 4.79 Å². The summed E-state index contributed by atoms with van der Waals surface area (Å²) in [5.41, 5.74) is 2.64. The predicted octanol–water partition coefficient (Wildman–Crippen LogP) is 5.65. The number of carboxylic acids is 1. The summed E-state index contributed by atoms with van der Waals surface area (Å²) in [7, 11) is 0. The van der Waals surface area contributed by atoms with E-state index in [1.807, 2.05) is 25.3 Å². The van der Waals surface area contributed by atoms with Gasteiger partial charge in [-0.1, -0.05) is 62.0 Å². The zero-order valence-corrected chi connectivity index (χ0v) is 18.6. The molecule has 1 heterocycles. The van der Waals surface area contributed by atoms with E-state index < -0.39 is 10.7 Å². The number of aromatic nitrogens is 3. The number of benzene rings is 2. The van der Waals surface area contributed by atoms with Gasteiger partial charge in [0.15, 0.2) is 5.16 Å². The number of fused-ring (bicyclic) bond motifs is 1. The van der Waals surface area contributed by atoms with Crippen molar-refractivity contribution in [1.29, 1.82) is 0 Å². The molecule has 1 N–H and O–H groups in total. The Labute approximate surface area is 176 Å². The SMILES string of the molecule is CC.Cc1nnc(SC(C)(C)C(=O)O)n1Cc1ccc(C2CC2)c2ccccc12. The molecule has 5 nitrogen and oxygen atoms in total. The zero-order valence-electron chi connectivity index (χ0n) is 17.8. The van der Waals surface area contributed by atoms with Crippen molar-refractivity contribution in [3.8, 4) is 0 Å². The van der Waals surface area contributed by atoms with Crippen LogP contribution in [0.15, 0.2) is 41.6 Å². The molecule has 29 heavy (non-hydrogen) atoms. The minimum absolute atomic E-state index is 0.627. The highest BCUT2D eigenvalue weighted by molar-refractivity contribution is 8.01. The van der Waals surface area contributed by atoms with E-state index in [9.17, 15) is 9.90 Å². The van der Waals surface area contributed by atoms with E-state index in [2.05, 4.69) is 46.6 Å². The molecule has 2 aromatic carbocycles. The third kappa shape index (κ3) is 4.47. The Hall–Kier alpha value is -2.34. The highest BCUT2D eigenvalue weighted by Gasteiger charge is 2.31. The number of rotatable bonds is 6. The fourth-order valence-corrected chi connectivity index (χ4v) is 4.27. The lowest BCUT2D eigenvalue weighted by molar-refractivity contribution is -0.138. The number of hydrogen-bond donors (Lipinski definition) is 1. The number of aliphatic carboxylic acids is 1. The largest absolute Gasteiger partial charge is 0.480 e. The fourth-order valence-electron chi connectivity index (χ4n) is 3.33. The van der Waals surface area contributed by atoms with Crippen molar-refractivity contribution >= 4 is 28.5 Å². The maximum Gasteiger partial charge on any atom is 0.319 e. The summed E-state index contributed by atoms with van der Waals surface area (Å²) in [4.78, 5) is 11.5. The number of carbonyl (C=O) groups is 1. The third-order valence-corrected chi connectivity index (χ3v) is 6.33. The molecule has 6 heteroatoms. The van der Waals surface area contributed by atoms with Crippen molar-refractivity contribution in [2.45, 2.75) is 69.8 Å². The highest BCUT2D eigenvalue weighted by atomic mass is 32.2. The van der Waals surface area contributed by atoms with E-state index in [-0.39, 0.29) is 0 Å². The van der Waals surface area contributed by atoms with Crippen LogP contribution in [0.1, 0.15) is 63.4 Å². The second-order valence-electron chi connectivity index (χ2n) is 7.67. The van der Waals surface area contributed by atoms with Crippen LogP contribution in [-0.2, 0) is 11.3 Å². The lowest BCUT2D eigenvalue weighted by atomic mass is 9.97. The normalized spacial score (nSPS) is 13.8. The summed E-state index contributed by atoms with van der Waals surface area (Å²) < 4.78 is 1.04. The van der Waals surface area contributed by atoms with Gasteiger partial charge in [-0.25, -0.2) is 0 Å². The number of hydrogen-bond acceptors (Lipinski definition) is 4. The average Bonchev–Trinajstić information content (AvgIpc) is 3.50. The molecule has 0 saturated heterocycles.